The van der Waals surface area contributed by atoms with E-state index in [0.717, 1.165) is 57.8 Å². The van der Waals surface area contributed by atoms with Crippen LogP contribution in [0, 0.1) is 5.92 Å². The highest BCUT2D eigenvalue weighted by Gasteiger charge is 2.23. The number of aromatic nitrogens is 2. The highest BCUT2D eigenvalue weighted by Crippen LogP contribution is 2.18. The molecule has 1 fully saturated rings. The second-order valence-corrected chi connectivity index (χ2v) is 6.20. The third-order valence-electron chi connectivity index (χ3n) is 4.20. The van der Waals surface area contributed by atoms with Gasteiger partial charge in [-0.1, -0.05) is 20.8 Å². The van der Waals surface area contributed by atoms with Gasteiger partial charge in [0, 0.05) is 32.4 Å². The average Bonchev–Trinajstić information content (AvgIpc) is 2.55. The first-order valence-corrected chi connectivity index (χ1v) is 8.53. The maximum atomic E-state index is 12.6. The molecule has 1 amide bonds. The van der Waals surface area contributed by atoms with Crippen molar-refractivity contribution >= 4 is 11.9 Å². The summed E-state index contributed by atoms with van der Waals surface area (Å²) in [5, 5.41) is 0. The molecule has 0 unspecified atom stereocenters. The van der Waals surface area contributed by atoms with Crippen molar-refractivity contribution in [2.75, 3.05) is 31.1 Å². The molecule has 0 aromatic carbocycles. The number of anilines is 1. The minimum absolute atomic E-state index is 0.0449. The molecule has 122 valence electrons. The molecule has 0 spiro atoms. The van der Waals surface area contributed by atoms with Crippen molar-refractivity contribution in [2.45, 2.75) is 46.5 Å². The molecule has 0 N–H and O–H groups in total. The van der Waals surface area contributed by atoms with Crippen LogP contribution < -0.4 is 4.90 Å². The first-order chi connectivity index (χ1) is 10.7. The van der Waals surface area contributed by atoms with Crippen LogP contribution >= 0.6 is 0 Å². The van der Waals surface area contributed by atoms with Gasteiger partial charge in [-0.05, 0) is 37.7 Å². The summed E-state index contributed by atoms with van der Waals surface area (Å²) in [6, 6.07) is 1.74. The fraction of sp³-hybridized carbons (Fsp3) is 0.706. The van der Waals surface area contributed by atoms with E-state index in [9.17, 15) is 4.79 Å². The Kier molecular flexibility index (Phi) is 6.16. The van der Waals surface area contributed by atoms with Crippen molar-refractivity contribution in [3.05, 3.63) is 18.0 Å². The minimum atomic E-state index is 0.0449. The number of likely N-dealkylation sites (tertiary alicyclic amines) is 1. The van der Waals surface area contributed by atoms with E-state index in [4.69, 9.17) is 0 Å². The zero-order valence-electron chi connectivity index (χ0n) is 14.1. The van der Waals surface area contributed by atoms with E-state index in [1.807, 2.05) is 4.90 Å². The molecule has 1 saturated heterocycles. The highest BCUT2D eigenvalue weighted by molar-refractivity contribution is 5.92. The van der Waals surface area contributed by atoms with Crippen LogP contribution in [0.5, 0.6) is 0 Å². The molecule has 1 aromatic heterocycles. The largest absolute Gasteiger partial charge is 0.341 e. The fourth-order valence-corrected chi connectivity index (χ4v) is 2.85. The molecule has 2 rings (SSSR count). The van der Waals surface area contributed by atoms with E-state index in [0.29, 0.717) is 11.6 Å². The van der Waals surface area contributed by atoms with E-state index in [1.165, 1.54) is 0 Å². The maximum Gasteiger partial charge on any atom is 0.272 e. The maximum absolute atomic E-state index is 12.6. The molecule has 0 atom stereocenters. The molecule has 2 heterocycles. The van der Waals surface area contributed by atoms with E-state index in [1.54, 1.807) is 12.3 Å². The lowest BCUT2D eigenvalue weighted by atomic mass is 9.99. The third kappa shape index (κ3) is 4.18. The molecular weight excluding hydrogens is 276 g/mol. The molecule has 0 saturated carbocycles. The monoisotopic (exact) mass is 304 g/mol. The highest BCUT2D eigenvalue weighted by atomic mass is 16.2. The van der Waals surface area contributed by atoms with Gasteiger partial charge >= 0.3 is 0 Å². The predicted molar refractivity (Wildman–Crippen MR) is 89.1 cm³/mol. The van der Waals surface area contributed by atoms with E-state index in [2.05, 4.69) is 35.6 Å². The zero-order valence-corrected chi connectivity index (χ0v) is 14.1. The van der Waals surface area contributed by atoms with Crippen LogP contribution in [0.15, 0.2) is 12.3 Å². The Morgan fingerprint density at radius 3 is 2.50 bits per heavy atom. The average molecular weight is 304 g/mol. The first kappa shape index (κ1) is 16.7. The van der Waals surface area contributed by atoms with Crippen molar-refractivity contribution in [3.8, 4) is 0 Å². The van der Waals surface area contributed by atoms with Gasteiger partial charge in [0.05, 0.1) is 0 Å². The normalized spacial score (nSPS) is 15.9. The Labute approximate surface area is 133 Å². The van der Waals surface area contributed by atoms with Gasteiger partial charge in [-0.3, -0.25) is 4.79 Å². The molecule has 1 aromatic rings. The molecule has 5 nitrogen and oxygen atoms in total. The van der Waals surface area contributed by atoms with Gasteiger partial charge in [0.1, 0.15) is 5.69 Å². The zero-order chi connectivity index (χ0) is 15.9. The predicted octanol–water partition coefficient (Wildman–Crippen LogP) is 2.98. The molecule has 1 aliphatic heterocycles. The second kappa shape index (κ2) is 8.11. The van der Waals surface area contributed by atoms with Crippen LogP contribution in [0.3, 0.4) is 0 Å². The summed E-state index contributed by atoms with van der Waals surface area (Å²) >= 11 is 0. The Morgan fingerprint density at radius 2 is 1.91 bits per heavy atom. The Hall–Kier alpha value is -1.65. The van der Waals surface area contributed by atoms with Crippen molar-refractivity contribution in [1.82, 2.24) is 14.9 Å². The van der Waals surface area contributed by atoms with Gasteiger partial charge in [0.25, 0.3) is 5.91 Å². The summed E-state index contributed by atoms with van der Waals surface area (Å²) in [7, 11) is 0. The lowest BCUT2D eigenvalue weighted by Crippen LogP contribution is -2.38. The van der Waals surface area contributed by atoms with Crippen LogP contribution in [-0.2, 0) is 0 Å². The number of hydrogen-bond donors (Lipinski definition) is 0. The molecule has 5 heteroatoms. The summed E-state index contributed by atoms with van der Waals surface area (Å²) in [6.45, 7) is 10.1. The summed E-state index contributed by atoms with van der Waals surface area (Å²) in [5.74, 6) is 1.44. The lowest BCUT2D eigenvalue weighted by Gasteiger charge is -2.30. The Bertz CT molecular complexity index is 477. The van der Waals surface area contributed by atoms with Crippen molar-refractivity contribution in [1.29, 1.82) is 0 Å². The van der Waals surface area contributed by atoms with Gasteiger partial charge in [-0.25, -0.2) is 9.97 Å². The van der Waals surface area contributed by atoms with Crippen molar-refractivity contribution < 1.29 is 4.79 Å². The Balaban J connectivity index is 2.11. The topological polar surface area (TPSA) is 49.3 Å². The molecule has 0 aliphatic carbocycles. The smallest absolute Gasteiger partial charge is 0.272 e. The van der Waals surface area contributed by atoms with Crippen LogP contribution in [0.25, 0.3) is 0 Å². The third-order valence-corrected chi connectivity index (χ3v) is 4.20. The van der Waals surface area contributed by atoms with Crippen molar-refractivity contribution in [3.63, 3.8) is 0 Å². The van der Waals surface area contributed by atoms with Crippen LogP contribution in [0.1, 0.15) is 56.9 Å². The number of carbonyl (C=O) groups is 1. The van der Waals surface area contributed by atoms with E-state index in [-0.39, 0.29) is 5.91 Å². The number of hydrogen-bond acceptors (Lipinski definition) is 4. The quantitative estimate of drug-likeness (QED) is 0.810. The number of amides is 1. The fourth-order valence-electron chi connectivity index (χ4n) is 2.85. The van der Waals surface area contributed by atoms with Crippen molar-refractivity contribution in [2.24, 2.45) is 5.92 Å². The SMILES string of the molecule is CCCN(CCC)c1nccc(C(=O)N2CCC(C)CC2)n1. The second-order valence-electron chi connectivity index (χ2n) is 6.20. The number of rotatable bonds is 6. The van der Waals surface area contributed by atoms with Crippen LogP contribution in [0.4, 0.5) is 5.95 Å². The molecular formula is C17H28N4O. The molecule has 0 radical (unpaired) electrons. The summed E-state index contributed by atoms with van der Waals surface area (Å²) in [4.78, 5) is 25.6. The molecule has 22 heavy (non-hydrogen) atoms. The molecule has 1 aliphatic rings. The first-order valence-electron chi connectivity index (χ1n) is 8.53. The van der Waals surface area contributed by atoms with Gasteiger partial charge in [0.15, 0.2) is 0 Å². The summed E-state index contributed by atoms with van der Waals surface area (Å²) in [6.07, 6.45) is 5.97. The number of nitrogens with zero attached hydrogens (tertiary/aromatic N) is 4. The summed E-state index contributed by atoms with van der Waals surface area (Å²) < 4.78 is 0. The Morgan fingerprint density at radius 1 is 1.27 bits per heavy atom. The standard InChI is InChI=1S/C17H28N4O/c1-4-10-21(11-5-2)17-18-9-6-15(19-17)16(22)20-12-7-14(3)8-13-20/h6,9,14H,4-5,7-8,10-13H2,1-3H3. The minimum Gasteiger partial charge on any atom is -0.341 e. The molecule has 0 bridgehead atoms. The van der Waals surface area contributed by atoms with Gasteiger partial charge in [-0.2, -0.15) is 0 Å². The van der Waals surface area contributed by atoms with E-state index < -0.39 is 0 Å². The van der Waals surface area contributed by atoms with Gasteiger partial charge < -0.3 is 9.80 Å². The van der Waals surface area contributed by atoms with Gasteiger partial charge in [0.2, 0.25) is 5.95 Å². The number of piperidine rings is 1. The van der Waals surface area contributed by atoms with Gasteiger partial charge in [-0.15, -0.1) is 0 Å². The van der Waals surface area contributed by atoms with Crippen LogP contribution in [0.2, 0.25) is 0 Å². The lowest BCUT2D eigenvalue weighted by molar-refractivity contribution is 0.0691. The number of carbonyl (C=O) groups excluding carboxylic acids is 1. The van der Waals surface area contributed by atoms with Crippen LogP contribution in [-0.4, -0.2) is 47.0 Å². The summed E-state index contributed by atoms with van der Waals surface area (Å²) in [5.41, 5.74) is 0.525. The van der Waals surface area contributed by atoms with E-state index >= 15 is 0 Å².